The summed E-state index contributed by atoms with van der Waals surface area (Å²) >= 11 is 0. The van der Waals surface area contributed by atoms with E-state index >= 15 is 0 Å². The molecule has 1 aliphatic heterocycles. The summed E-state index contributed by atoms with van der Waals surface area (Å²) in [4.78, 5) is 51.8. The van der Waals surface area contributed by atoms with Crippen molar-refractivity contribution in [3.05, 3.63) is 131 Å². The number of nitrogens with one attached hydrogen (secondary N) is 2. The maximum absolute atomic E-state index is 12.8. The van der Waals surface area contributed by atoms with Gasteiger partial charge >= 0.3 is 11.9 Å². The third kappa shape index (κ3) is 13.2. The van der Waals surface area contributed by atoms with Crippen LogP contribution in [-0.2, 0) is 35.1 Å². The molecular weight excluding hydrogens is 777 g/mol. The number of unbranched alkanes of at least 4 members (excludes halogenated alkanes) is 4. The maximum Gasteiger partial charge on any atom is 0.351 e. The number of H-pyrrole nitrogens is 1. The van der Waals surface area contributed by atoms with Gasteiger partial charge in [-0.2, -0.15) is 0 Å². The number of hydrogen-bond acceptors (Lipinski definition) is 8. The molecule has 0 aliphatic carbocycles. The van der Waals surface area contributed by atoms with Crippen LogP contribution in [-0.4, -0.2) is 50.8 Å². The number of hydrogen-bond donors (Lipinski definition) is 2. The van der Waals surface area contributed by atoms with Crippen molar-refractivity contribution in [2.45, 2.75) is 111 Å². The molecule has 0 spiro atoms. The molecule has 2 N–H and O–H groups in total. The number of esters is 2. The minimum absolute atomic E-state index is 0.201. The van der Waals surface area contributed by atoms with E-state index in [9.17, 15) is 14.4 Å². The number of oxime groups is 1. The molecule has 0 saturated carbocycles. The molecule has 0 radical (unpaired) electrons. The Morgan fingerprint density at radius 2 is 1.29 bits per heavy atom. The molecule has 10 heteroatoms. The van der Waals surface area contributed by atoms with Crippen molar-refractivity contribution < 1.29 is 28.7 Å². The van der Waals surface area contributed by atoms with Crippen LogP contribution in [0.2, 0.25) is 0 Å². The molecule has 322 valence electrons. The van der Waals surface area contributed by atoms with Gasteiger partial charge in [-0.25, -0.2) is 14.6 Å². The topological polar surface area (TPSA) is 132 Å². The van der Waals surface area contributed by atoms with Crippen LogP contribution in [0.5, 0.6) is 0 Å². The smallest absolute Gasteiger partial charge is 0.351 e. The second kappa shape index (κ2) is 20.3. The quantitative estimate of drug-likeness (QED) is 0.0574. The van der Waals surface area contributed by atoms with E-state index in [0.717, 1.165) is 56.9 Å². The highest BCUT2D eigenvalue weighted by molar-refractivity contribution is 6.04. The predicted octanol–water partition coefficient (Wildman–Crippen LogP) is 11.8. The van der Waals surface area contributed by atoms with E-state index in [1.54, 1.807) is 18.2 Å². The first-order valence-electron chi connectivity index (χ1n) is 21.5. The van der Waals surface area contributed by atoms with E-state index in [0.29, 0.717) is 18.0 Å². The molecule has 5 aromatic rings. The zero-order valence-corrected chi connectivity index (χ0v) is 36.9. The van der Waals surface area contributed by atoms with Crippen LogP contribution in [0.4, 0.5) is 5.69 Å². The van der Waals surface area contributed by atoms with Gasteiger partial charge in [-0.1, -0.05) is 123 Å². The third-order valence-electron chi connectivity index (χ3n) is 9.95. The Morgan fingerprint density at radius 3 is 1.92 bits per heavy atom. The lowest BCUT2D eigenvalue weighted by Gasteiger charge is -2.20. The first kappa shape index (κ1) is 45.0. The van der Waals surface area contributed by atoms with Gasteiger partial charge in [-0.05, 0) is 101 Å². The lowest BCUT2D eigenvalue weighted by atomic mass is 10.0. The van der Waals surface area contributed by atoms with Crippen LogP contribution >= 0.6 is 0 Å². The number of ether oxygens (including phenoxy) is 2. The van der Waals surface area contributed by atoms with Crippen LogP contribution in [0, 0.1) is 0 Å². The summed E-state index contributed by atoms with van der Waals surface area (Å²) in [5.41, 5.74) is 8.24. The summed E-state index contributed by atoms with van der Waals surface area (Å²) in [6, 6.07) is 31.6. The van der Waals surface area contributed by atoms with E-state index in [2.05, 4.69) is 34.5 Å². The number of carbonyl (C=O) groups is 3. The third-order valence-corrected chi connectivity index (χ3v) is 9.95. The van der Waals surface area contributed by atoms with Crippen molar-refractivity contribution in [3.8, 4) is 33.9 Å². The second-order valence-electron chi connectivity index (χ2n) is 17.6. The number of anilines is 1. The molecule has 0 saturated heterocycles. The van der Waals surface area contributed by atoms with Crippen molar-refractivity contribution >= 4 is 41.4 Å². The Labute approximate surface area is 365 Å². The molecule has 1 aliphatic rings. The number of nitrogens with zero attached hydrogens (tertiary/aromatic N) is 2. The molecule has 10 nitrogen and oxygen atoms in total. The highest BCUT2D eigenvalue weighted by Crippen LogP contribution is 2.34. The fourth-order valence-electron chi connectivity index (χ4n) is 6.85. The zero-order chi connectivity index (χ0) is 44.3. The normalized spacial score (nSPS) is 14.2. The summed E-state index contributed by atoms with van der Waals surface area (Å²) in [5.74, 6) is -0.389. The fraction of sp³-hybridized carbons (Fsp3) is 0.327. The highest BCUT2D eigenvalue weighted by Gasteiger charge is 2.33. The molecule has 4 aromatic carbocycles. The fourth-order valence-corrected chi connectivity index (χ4v) is 6.85. The summed E-state index contributed by atoms with van der Waals surface area (Å²) in [6.07, 6.45) is 13.3. The van der Waals surface area contributed by atoms with Crippen molar-refractivity contribution in [1.29, 1.82) is 0 Å². The number of rotatable bonds is 16. The number of imidazole rings is 1. The standard InChI is InChI=1S/C52H58N4O6/c1-8-9-10-11-12-13-35-18-30-42(31-19-35)53-45(57)32-20-36-14-22-39(23-15-36)47-48(40-24-16-37(17-25-40)21-33-46(58)60-51(2,3)4)55-49(54-47)41-28-26-38(27-29-41)43-34-44(62-56-43)50(59)61-52(5,6)7/h14-33,44H,8-13,34H2,1-7H3,(H,53,57)(H,54,55). The molecular formula is C52H58N4O6. The number of benzene rings is 4. The molecule has 1 atom stereocenters. The molecule has 1 aromatic heterocycles. The van der Waals surface area contributed by atoms with Crippen molar-refractivity contribution in [2.75, 3.05) is 5.32 Å². The number of carbonyl (C=O) groups excluding carboxylic acids is 3. The predicted molar refractivity (Wildman–Crippen MR) is 248 cm³/mol. The average Bonchev–Trinajstić information content (AvgIpc) is 3.92. The summed E-state index contributed by atoms with van der Waals surface area (Å²) in [7, 11) is 0. The first-order valence-corrected chi connectivity index (χ1v) is 21.5. The van der Waals surface area contributed by atoms with Crippen molar-refractivity contribution in [3.63, 3.8) is 0 Å². The summed E-state index contributed by atoms with van der Waals surface area (Å²) < 4.78 is 10.9. The number of aryl methyl sites for hydroxylation is 1. The van der Waals surface area contributed by atoms with Gasteiger partial charge in [0.1, 0.15) is 17.0 Å². The summed E-state index contributed by atoms with van der Waals surface area (Å²) in [5, 5.41) is 7.15. The van der Waals surface area contributed by atoms with Crippen molar-refractivity contribution in [2.24, 2.45) is 5.16 Å². The largest absolute Gasteiger partial charge is 0.457 e. The molecule has 62 heavy (non-hydrogen) atoms. The molecule has 1 unspecified atom stereocenters. The van der Waals surface area contributed by atoms with Crippen LogP contribution in [0.1, 0.15) is 109 Å². The minimum atomic E-state index is -0.783. The lowest BCUT2D eigenvalue weighted by Crippen LogP contribution is -2.32. The van der Waals surface area contributed by atoms with Gasteiger partial charge in [0.25, 0.3) is 0 Å². The number of amides is 1. The first-order chi connectivity index (χ1) is 29.6. The van der Waals surface area contributed by atoms with Gasteiger partial charge in [-0.15, -0.1) is 0 Å². The minimum Gasteiger partial charge on any atom is -0.457 e. The SMILES string of the molecule is CCCCCCCc1ccc(NC(=O)C=Cc2ccc(-c3[nH]c(-c4ccc(C5=NOC(C(=O)OC(C)(C)C)C5)cc4)nc3-c3ccc(C=CC(=O)OC(C)(C)C)cc3)cc2)cc1. The van der Waals surface area contributed by atoms with Gasteiger partial charge in [0.15, 0.2) is 0 Å². The maximum atomic E-state index is 12.8. The Hall–Kier alpha value is -6.55. The van der Waals surface area contributed by atoms with Gasteiger partial charge in [0, 0.05) is 41.0 Å². The van der Waals surface area contributed by atoms with Gasteiger partial charge in [0.05, 0.1) is 17.1 Å². The molecule has 2 heterocycles. The highest BCUT2D eigenvalue weighted by atomic mass is 16.7. The van der Waals surface area contributed by atoms with Gasteiger partial charge in [0.2, 0.25) is 12.0 Å². The second-order valence-corrected chi connectivity index (χ2v) is 17.6. The lowest BCUT2D eigenvalue weighted by molar-refractivity contribution is -0.166. The Morgan fingerprint density at radius 1 is 0.710 bits per heavy atom. The van der Waals surface area contributed by atoms with E-state index in [1.807, 2.05) is 126 Å². The number of aromatic nitrogens is 2. The Balaban J connectivity index is 1.18. The van der Waals surface area contributed by atoms with Crippen LogP contribution < -0.4 is 5.32 Å². The van der Waals surface area contributed by atoms with Crippen LogP contribution in [0.3, 0.4) is 0 Å². The van der Waals surface area contributed by atoms with Crippen LogP contribution in [0.15, 0.2) is 114 Å². The van der Waals surface area contributed by atoms with E-state index in [1.165, 1.54) is 43.7 Å². The van der Waals surface area contributed by atoms with E-state index in [-0.39, 0.29) is 5.91 Å². The van der Waals surface area contributed by atoms with E-state index in [4.69, 9.17) is 19.3 Å². The zero-order valence-electron chi connectivity index (χ0n) is 36.9. The summed E-state index contributed by atoms with van der Waals surface area (Å²) in [6.45, 7) is 13.2. The Bertz CT molecular complexity index is 2390. The van der Waals surface area contributed by atoms with E-state index < -0.39 is 29.2 Å². The van der Waals surface area contributed by atoms with Crippen molar-refractivity contribution in [1.82, 2.24) is 9.97 Å². The van der Waals surface area contributed by atoms with Gasteiger partial charge < -0.3 is 24.6 Å². The monoisotopic (exact) mass is 834 g/mol. The molecule has 0 bridgehead atoms. The van der Waals surface area contributed by atoms with Crippen LogP contribution in [0.25, 0.3) is 46.1 Å². The number of aromatic amines is 1. The average molecular weight is 835 g/mol. The Kier molecular flexibility index (Phi) is 14.8. The molecule has 0 fully saturated rings. The molecule has 1 amide bonds. The van der Waals surface area contributed by atoms with Gasteiger partial charge in [-0.3, -0.25) is 4.79 Å². The molecule has 6 rings (SSSR count).